The second-order valence-electron chi connectivity index (χ2n) is 6.71. The fourth-order valence-electron chi connectivity index (χ4n) is 2.53. The van der Waals surface area contributed by atoms with Gasteiger partial charge in [-0.15, -0.1) is 0 Å². The molecule has 162 valence electrons. The van der Waals surface area contributed by atoms with Crippen LogP contribution in [-0.2, 0) is 6.42 Å². The van der Waals surface area contributed by atoms with Crippen LogP contribution in [0.25, 0.3) is 0 Å². The topological polar surface area (TPSA) is 49.6 Å². The highest BCUT2D eigenvalue weighted by Crippen LogP contribution is 2.20. The third-order valence-electron chi connectivity index (χ3n) is 4.18. The van der Waals surface area contributed by atoms with Gasteiger partial charge in [0.15, 0.2) is 0 Å². The van der Waals surface area contributed by atoms with Crippen molar-refractivity contribution in [2.45, 2.75) is 52.5 Å². The number of halogens is 2. The lowest BCUT2D eigenvalue weighted by Gasteiger charge is -2.17. The second kappa shape index (κ2) is 12.6. The molecule has 0 fully saturated rings. The number of para-hydroxylation sites is 1. The predicted molar refractivity (Wildman–Crippen MR) is 123 cm³/mol. The standard InChI is InChI=1S/C22H26F2N4.C2H6/c1-16(20-11-10-18(14-27-20)12-13-22(3,23)24)28-17(2)21(25-4)15-26-19-8-6-5-7-9-19;1-2/h5-11,14-16,28H,2,12-13H2,1,3-4H3;1-2H3. The van der Waals surface area contributed by atoms with E-state index < -0.39 is 5.92 Å². The van der Waals surface area contributed by atoms with E-state index >= 15 is 0 Å². The molecular weight excluding hydrogens is 382 g/mol. The molecule has 0 amide bonds. The molecule has 0 bridgehead atoms. The van der Waals surface area contributed by atoms with Crippen molar-refractivity contribution in [3.05, 3.63) is 72.2 Å². The molecule has 0 saturated heterocycles. The Labute approximate surface area is 178 Å². The number of aromatic nitrogens is 1. The van der Waals surface area contributed by atoms with Crippen LogP contribution >= 0.6 is 0 Å². The number of hydrogen-bond acceptors (Lipinski definition) is 4. The van der Waals surface area contributed by atoms with E-state index in [1.807, 2.05) is 63.2 Å². The van der Waals surface area contributed by atoms with Gasteiger partial charge in [0.25, 0.3) is 0 Å². The van der Waals surface area contributed by atoms with Crippen molar-refractivity contribution in [2.75, 3.05) is 7.05 Å². The summed E-state index contributed by atoms with van der Waals surface area (Å²) >= 11 is 0. The summed E-state index contributed by atoms with van der Waals surface area (Å²) in [6, 6.07) is 13.1. The third kappa shape index (κ3) is 9.07. The Morgan fingerprint density at radius 2 is 1.87 bits per heavy atom. The summed E-state index contributed by atoms with van der Waals surface area (Å²) in [5.41, 5.74) is 3.69. The predicted octanol–water partition coefficient (Wildman–Crippen LogP) is 6.33. The average molecular weight is 415 g/mol. The zero-order valence-electron chi connectivity index (χ0n) is 18.5. The number of nitrogens with zero attached hydrogens (tertiary/aromatic N) is 3. The van der Waals surface area contributed by atoms with Crippen LogP contribution in [-0.4, -0.2) is 29.9 Å². The van der Waals surface area contributed by atoms with Gasteiger partial charge in [0.05, 0.1) is 35.0 Å². The molecule has 0 aliphatic heterocycles. The molecule has 0 spiro atoms. The number of hydrogen-bond donors (Lipinski definition) is 1. The smallest absolute Gasteiger partial charge is 0.245 e. The maximum absolute atomic E-state index is 13.0. The number of aliphatic imine (C=N–C) groups is 2. The highest BCUT2D eigenvalue weighted by Gasteiger charge is 2.20. The van der Waals surface area contributed by atoms with Gasteiger partial charge in [-0.2, -0.15) is 0 Å². The highest BCUT2D eigenvalue weighted by molar-refractivity contribution is 6.38. The Kier molecular flexibility index (Phi) is 10.6. The summed E-state index contributed by atoms with van der Waals surface area (Å²) in [7, 11) is 1.68. The van der Waals surface area contributed by atoms with Crippen molar-refractivity contribution in [3.8, 4) is 0 Å². The number of benzene rings is 1. The maximum atomic E-state index is 13.0. The Bertz CT molecular complexity index is 823. The van der Waals surface area contributed by atoms with Gasteiger partial charge < -0.3 is 5.32 Å². The zero-order chi connectivity index (χ0) is 22.6. The van der Waals surface area contributed by atoms with Crippen LogP contribution < -0.4 is 5.32 Å². The summed E-state index contributed by atoms with van der Waals surface area (Å²) in [5, 5.41) is 3.26. The molecule has 4 nitrogen and oxygen atoms in total. The van der Waals surface area contributed by atoms with Gasteiger partial charge in [0, 0.05) is 19.7 Å². The lowest BCUT2D eigenvalue weighted by molar-refractivity contribution is 0.0133. The van der Waals surface area contributed by atoms with Crippen molar-refractivity contribution in [1.29, 1.82) is 0 Å². The molecule has 2 aromatic rings. The van der Waals surface area contributed by atoms with E-state index in [0.29, 0.717) is 17.8 Å². The number of pyridine rings is 1. The molecule has 0 aliphatic rings. The van der Waals surface area contributed by atoms with Gasteiger partial charge in [-0.25, -0.2) is 8.78 Å². The minimum absolute atomic E-state index is 0.115. The van der Waals surface area contributed by atoms with E-state index in [2.05, 4.69) is 26.9 Å². The molecule has 0 aliphatic carbocycles. The summed E-state index contributed by atoms with van der Waals surface area (Å²) < 4.78 is 26.0. The molecule has 30 heavy (non-hydrogen) atoms. The Hall–Kier alpha value is -2.89. The molecule has 1 unspecified atom stereocenters. The molecular formula is C24H32F2N4. The fourth-order valence-corrected chi connectivity index (χ4v) is 2.53. The van der Waals surface area contributed by atoms with Gasteiger partial charge in [-0.05, 0) is 44.0 Å². The Balaban J connectivity index is 0.00000218. The van der Waals surface area contributed by atoms with Crippen LogP contribution in [0.4, 0.5) is 14.5 Å². The minimum atomic E-state index is -2.66. The zero-order valence-corrected chi connectivity index (χ0v) is 18.5. The van der Waals surface area contributed by atoms with Crippen molar-refractivity contribution >= 4 is 17.6 Å². The summed E-state index contributed by atoms with van der Waals surface area (Å²) in [4.78, 5) is 13.0. The molecule has 2 rings (SSSR count). The number of alkyl halides is 2. The van der Waals surface area contributed by atoms with Gasteiger partial charge in [-0.3, -0.25) is 15.0 Å². The number of rotatable bonds is 9. The van der Waals surface area contributed by atoms with Crippen molar-refractivity contribution in [1.82, 2.24) is 10.3 Å². The number of nitrogens with one attached hydrogen (secondary N) is 1. The lowest BCUT2D eigenvalue weighted by Crippen LogP contribution is -2.24. The molecule has 1 aromatic heterocycles. The molecule has 6 heteroatoms. The van der Waals surface area contributed by atoms with Crippen molar-refractivity contribution in [2.24, 2.45) is 9.98 Å². The van der Waals surface area contributed by atoms with Crippen LogP contribution in [0.3, 0.4) is 0 Å². The summed E-state index contributed by atoms with van der Waals surface area (Å²) in [6.45, 7) is 10.9. The second-order valence-corrected chi connectivity index (χ2v) is 6.71. The van der Waals surface area contributed by atoms with Crippen molar-refractivity contribution in [3.63, 3.8) is 0 Å². The fraction of sp³-hybridized carbons (Fsp3) is 0.375. The SMILES string of the molecule is C=C(NC(C)c1ccc(CCC(C)(F)F)cn1)C(C=Nc1ccccc1)=NC.CC. The van der Waals surface area contributed by atoms with Gasteiger partial charge in [0.1, 0.15) is 0 Å². The quantitative estimate of drug-likeness (QED) is 0.487. The number of aryl methyl sites for hydroxylation is 1. The molecule has 0 radical (unpaired) electrons. The number of allylic oxidation sites excluding steroid dienone is 1. The summed E-state index contributed by atoms with van der Waals surface area (Å²) in [6.07, 6.45) is 3.43. The van der Waals surface area contributed by atoms with E-state index in [1.165, 1.54) is 0 Å². The summed E-state index contributed by atoms with van der Waals surface area (Å²) in [5.74, 6) is -2.66. The monoisotopic (exact) mass is 414 g/mol. The Morgan fingerprint density at radius 3 is 2.40 bits per heavy atom. The first kappa shape index (κ1) is 25.1. The molecule has 1 aromatic carbocycles. The largest absolute Gasteiger partial charge is 0.376 e. The van der Waals surface area contributed by atoms with E-state index in [-0.39, 0.29) is 12.5 Å². The highest BCUT2D eigenvalue weighted by atomic mass is 19.3. The van der Waals surface area contributed by atoms with Crippen LogP contribution in [0.1, 0.15) is 51.4 Å². The van der Waals surface area contributed by atoms with Gasteiger partial charge in [0.2, 0.25) is 5.92 Å². The maximum Gasteiger partial charge on any atom is 0.245 e. The van der Waals surface area contributed by atoms with Crippen LogP contribution in [0.2, 0.25) is 0 Å². The van der Waals surface area contributed by atoms with E-state index in [9.17, 15) is 8.78 Å². The van der Waals surface area contributed by atoms with E-state index in [4.69, 9.17) is 0 Å². The first-order valence-electron chi connectivity index (χ1n) is 10.1. The molecule has 1 heterocycles. The first-order valence-corrected chi connectivity index (χ1v) is 10.1. The lowest BCUT2D eigenvalue weighted by atomic mass is 10.1. The van der Waals surface area contributed by atoms with Crippen LogP contribution in [0.5, 0.6) is 0 Å². The Morgan fingerprint density at radius 1 is 1.20 bits per heavy atom. The van der Waals surface area contributed by atoms with Crippen LogP contribution in [0, 0.1) is 0 Å². The average Bonchev–Trinajstić information content (AvgIpc) is 2.74. The van der Waals surface area contributed by atoms with Crippen LogP contribution in [0.15, 0.2) is 70.9 Å². The first-order chi connectivity index (χ1) is 14.3. The van der Waals surface area contributed by atoms with Gasteiger partial charge in [-0.1, -0.05) is 44.7 Å². The van der Waals surface area contributed by atoms with E-state index in [1.54, 1.807) is 19.5 Å². The molecule has 1 N–H and O–H groups in total. The van der Waals surface area contributed by atoms with Crippen molar-refractivity contribution < 1.29 is 8.78 Å². The normalized spacial score (nSPS) is 12.8. The molecule has 1 atom stereocenters. The van der Waals surface area contributed by atoms with Gasteiger partial charge >= 0.3 is 0 Å². The van der Waals surface area contributed by atoms with E-state index in [0.717, 1.165) is 23.9 Å². The molecule has 0 saturated carbocycles. The minimum Gasteiger partial charge on any atom is -0.376 e. The third-order valence-corrected chi connectivity index (χ3v) is 4.18.